The number of hydrogen-bond donors (Lipinski definition) is 1. The maximum Gasteiger partial charge on any atom is 0.332 e. The highest BCUT2D eigenvalue weighted by Gasteiger charge is 2.32. The maximum absolute atomic E-state index is 12.8. The predicted octanol–water partition coefficient (Wildman–Crippen LogP) is 2.22. The van der Waals surface area contributed by atoms with Gasteiger partial charge in [-0.1, -0.05) is 30.7 Å². The fraction of sp³-hybridized carbons (Fsp3) is 0.316. The molecule has 0 unspecified atom stereocenters. The number of hydrogen-bond acceptors (Lipinski definition) is 4. The van der Waals surface area contributed by atoms with Gasteiger partial charge in [-0.15, -0.1) is 0 Å². The van der Waals surface area contributed by atoms with Crippen molar-refractivity contribution in [3.8, 4) is 0 Å². The first-order valence-corrected chi connectivity index (χ1v) is 8.29. The first kappa shape index (κ1) is 17.0. The summed E-state index contributed by atoms with van der Waals surface area (Å²) in [6.07, 6.45) is 2.45. The van der Waals surface area contributed by atoms with Crippen LogP contribution in [-0.2, 0) is 13.6 Å². The molecule has 1 N–H and O–H groups in total. The van der Waals surface area contributed by atoms with Crippen molar-refractivity contribution >= 4 is 17.7 Å². The fourth-order valence-electron chi connectivity index (χ4n) is 3.10. The van der Waals surface area contributed by atoms with E-state index in [1.807, 2.05) is 39.0 Å². The zero-order valence-corrected chi connectivity index (χ0v) is 14.8. The minimum absolute atomic E-state index is 0.0339. The van der Waals surface area contributed by atoms with Gasteiger partial charge in [0.2, 0.25) is 5.78 Å². The van der Waals surface area contributed by atoms with E-state index in [4.69, 9.17) is 0 Å². The Bertz CT molecular complexity index is 1030. The number of aryl methyl sites for hydroxylation is 2. The number of Topliss-reactive ketones (excluding diaryl/α,β-unsaturated/α-hetero) is 1. The van der Waals surface area contributed by atoms with Crippen LogP contribution in [0.5, 0.6) is 0 Å². The van der Waals surface area contributed by atoms with Crippen LogP contribution in [0.4, 0.5) is 5.82 Å². The lowest BCUT2D eigenvalue weighted by Crippen LogP contribution is -2.40. The van der Waals surface area contributed by atoms with Crippen molar-refractivity contribution in [2.45, 2.75) is 33.7 Å². The lowest BCUT2D eigenvalue weighted by molar-refractivity contribution is 0.104. The molecule has 25 heavy (non-hydrogen) atoms. The first-order valence-electron chi connectivity index (χ1n) is 8.29. The summed E-state index contributed by atoms with van der Waals surface area (Å²) in [7, 11) is 1.40. The van der Waals surface area contributed by atoms with Gasteiger partial charge < -0.3 is 5.32 Å². The van der Waals surface area contributed by atoms with E-state index in [1.165, 1.54) is 11.6 Å². The van der Waals surface area contributed by atoms with E-state index in [-0.39, 0.29) is 11.3 Å². The molecule has 1 aromatic carbocycles. The van der Waals surface area contributed by atoms with Crippen molar-refractivity contribution in [3.05, 3.63) is 67.0 Å². The average Bonchev–Trinajstić information content (AvgIpc) is 2.89. The van der Waals surface area contributed by atoms with Gasteiger partial charge in [0.1, 0.15) is 11.4 Å². The second-order valence-electron chi connectivity index (χ2n) is 6.39. The number of nitrogens with zero attached hydrogens (tertiary/aromatic N) is 2. The molecule has 2 aromatic rings. The molecule has 0 amide bonds. The first-order chi connectivity index (χ1) is 11.8. The molecule has 130 valence electrons. The summed E-state index contributed by atoms with van der Waals surface area (Å²) in [5.74, 6) is -0.0728. The molecular weight excluding hydrogens is 318 g/mol. The van der Waals surface area contributed by atoms with Gasteiger partial charge in [0.15, 0.2) is 0 Å². The quantitative estimate of drug-likeness (QED) is 0.870. The van der Waals surface area contributed by atoms with Gasteiger partial charge in [-0.25, -0.2) is 4.79 Å². The zero-order chi connectivity index (χ0) is 18.3. The Morgan fingerprint density at radius 3 is 2.52 bits per heavy atom. The normalized spacial score (nSPS) is 14.7. The maximum atomic E-state index is 12.8. The van der Waals surface area contributed by atoms with Crippen molar-refractivity contribution in [2.24, 2.45) is 7.05 Å². The number of allylic oxidation sites excluding steroid dienone is 1. The Labute approximate surface area is 145 Å². The summed E-state index contributed by atoms with van der Waals surface area (Å²) in [5, 5.41) is 3.00. The van der Waals surface area contributed by atoms with E-state index in [2.05, 4.69) is 5.32 Å². The van der Waals surface area contributed by atoms with Gasteiger partial charge in [0, 0.05) is 13.6 Å². The smallest absolute Gasteiger partial charge is 0.332 e. The van der Waals surface area contributed by atoms with Crippen LogP contribution in [0.15, 0.2) is 33.5 Å². The van der Waals surface area contributed by atoms with Crippen molar-refractivity contribution in [3.63, 3.8) is 0 Å². The molecule has 0 fully saturated rings. The van der Waals surface area contributed by atoms with E-state index >= 15 is 0 Å². The van der Waals surface area contributed by atoms with Crippen LogP contribution in [0.1, 0.15) is 40.4 Å². The highest BCUT2D eigenvalue weighted by atomic mass is 16.2. The van der Waals surface area contributed by atoms with Gasteiger partial charge in [-0.3, -0.25) is 18.7 Å². The number of carbonyl (C=O) groups excluding carboxylic acids is 1. The van der Waals surface area contributed by atoms with Gasteiger partial charge in [-0.2, -0.15) is 0 Å². The molecule has 1 aliphatic rings. The third kappa shape index (κ3) is 2.73. The van der Waals surface area contributed by atoms with Gasteiger partial charge in [0.25, 0.3) is 5.56 Å². The second-order valence-corrected chi connectivity index (χ2v) is 6.39. The molecule has 1 aliphatic heterocycles. The summed E-state index contributed by atoms with van der Waals surface area (Å²) in [4.78, 5) is 37.5. The van der Waals surface area contributed by atoms with Crippen LogP contribution < -0.4 is 16.6 Å². The molecule has 6 nitrogen and oxygen atoms in total. The van der Waals surface area contributed by atoms with Gasteiger partial charge >= 0.3 is 5.69 Å². The largest absolute Gasteiger partial charge is 0.338 e. The van der Waals surface area contributed by atoms with E-state index < -0.39 is 11.2 Å². The molecule has 0 aliphatic carbocycles. The molecule has 1 aromatic heterocycles. The number of fused-ring (bicyclic) bond motifs is 1. The van der Waals surface area contributed by atoms with Crippen LogP contribution in [0.3, 0.4) is 0 Å². The Kier molecular flexibility index (Phi) is 4.20. The van der Waals surface area contributed by atoms with Crippen LogP contribution in [0, 0.1) is 13.8 Å². The SMILES string of the molecule is CCCn1c2c(c(=O)n(C)c1=O)C(=O)/C(=C/c1ccc(C)cc1C)N2. The number of carbonyl (C=O) groups is 1. The lowest BCUT2D eigenvalue weighted by atomic mass is 10.0. The summed E-state index contributed by atoms with van der Waals surface area (Å²) < 4.78 is 2.45. The zero-order valence-electron chi connectivity index (χ0n) is 14.8. The van der Waals surface area contributed by atoms with Crippen molar-refractivity contribution < 1.29 is 4.79 Å². The summed E-state index contributed by atoms with van der Waals surface area (Å²) in [6, 6.07) is 5.94. The topological polar surface area (TPSA) is 73.1 Å². The molecule has 0 saturated carbocycles. The van der Waals surface area contributed by atoms with Gasteiger partial charge in [0.05, 0.1) is 5.70 Å². The molecule has 3 rings (SSSR count). The minimum atomic E-state index is -0.561. The Hall–Kier alpha value is -2.89. The predicted molar refractivity (Wildman–Crippen MR) is 98.1 cm³/mol. The van der Waals surface area contributed by atoms with E-state index in [9.17, 15) is 14.4 Å². The van der Waals surface area contributed by atoms with E-state index in [1.54, 1.807) is 6.08 Å². The standard InChI is InChI=1S/C19H21N3O3/c1-5-8-22-17-15(18(24)21(4)19(22)25)16(23)14(20-17)10-13-7-6-11(2)9-12(13)3/h6-7,9-10,20H,5,8H2,1-4H3/b14-10-. The number of benzene rings is 1. The average molecular weight is 339 g/mol. The number of aromatic nitrogens is 2. The number of ketones is 1. The van der Waals surface area contributed by atoms with Crippen molar-refractivity contribution in [1.82, 2.24) is 9.13 Å². The Morgan fingerprint density at radius 1 is 1.16 bits per heavy atom. The molecule has 6 heteroatoms. The summed E-state index contributed by atoms with van der Waals surface area (Å²) in [5.41, 5.74) is 2.44. The summed E-state index contributed by atoms with van der Waals surface area (Å²) >= 11 is 0. The van der Waals surface area contributed by atoms with E-state index in [0.717, 1.165) is 27.7 Å². The molecule has 0 spiro atoms. The minimum Gasteiger partial charge on any atom is -0.338 e. The molecular formula is C19H21N3O3. The Morgan fingerprint density at radius 2 is 1.88 bits per heavy atom. The highest BCUT2D eigenvalue weighted by Crippen LogP contribution is 2.26. The van der Waals surface area contributed by atoms with Crippen LogP contribution in [0.25, 0.3) is 6.08 Å². The number of nitrogens with one attached hydrogen (secondary N) is 1. The third-order valence-electron chi connectivity index (χ3n) is 4.44. The van der Waals surface area contributed by atoms with Gasteiger partial charge in [-0.05, 0) is 37.5 Å². The van der Waals surface area contributed by atoms with E-state index in [0.29, 0.717) is 18.1 Å². The van der Waals surface area contributed by atoms with Crippen LogP contribution in [0.2, 0.25) is 0 Å². The second kappa shape index (κ2) is 6.20. The fourth-order valence-corrected chi connectivity index (χ4v) is 3.10. The lowest BCUT2D eigenvalue weighted by Gasteiger charge is -2.11. The Balaban J connectivity index is 2.17. The van der Waals surface area contributed by atoms with Crippen LogP contribution in [-0.4, -0.2) is 14.9 Å². The molecule has 0 bridgehead atoms. The summed E-state index contributed by atoms with van der Waals surface area (Å²) in [6.45, 7) is 6.35. The van der Waals surface area contributed by atoms with Crippen LogP contribution >= 0.6 is 0 Å². The van der Waals surface area contributed by atoms with Crippen molar-refractivity contribution in [1.29, 1.82) is 0 Å². The molecule has 0 radical (unpaired) electrons. The van der Waals surface area contributed by atoms with Crippen molar-refractivity contribution in [2.75, 3.05) is 5.32 Å². The number of anilines is 1. The molecule has 2 heterocycles. The highest BCUT2D eigenvalue weighted by molar-refractivity contribution is 6.19. The monoisotopic (exact) mass is 339 g/mol. The number of rotatable bonds is 3. The molecule has 0 saturated heterocycles. The molecule has 0 atom stereocenters. The third-order valence-corrected chi connectivity index (χ3v) is 4.44.